The Morgan fingerprint density at radius 1 is 1.31 bits per heavy atom. The summed E-state index contributed by atoms with van der Waals surface area (Å²) in [5, 5.41) is 12.1. The fraction of sp³-hybridized carbons (Fsp3) is 0.150. The summed E-state index contributed by atoms with van der Waals surface area (Å²) in [6.45, 7) is 0. The lowest BCUT2D eigenvalue weighted by Crippen LogP contribution is -2.78. The topological polar surface area (TPSA) is 127 Å². The van der Waals surface area contributed by atoms with E-state index in [2.05, 4.69) is 20.3 Å². The van der Waals surface area contributed by atoms with Crippen molar-refractivity contribution in [2.75, 3.05) is 5.32 Å². The van der Waals surface area contributed by atoms with Crippen molar-refractivity contribution in [3.63, 3.8) is 0 Å². The van der Waals surface area contributed by atoms with Gasteiger partial charge in [-0.2, -0.15) is 18.2 Å². The van der Waals surface area contributed by atoms with Crippen LogP contribution in [0.4, 0.5) is 24.8 Å². The number of quaternary nitrogens is 1. The number of fused-ring (bicyclic) bond motifs is 1. The van der Waals surface area contributed by atoms with Crippen molar-refractivity contribution in [3.05, 3.63) is 63.3 Å². The Labute approximate surface area is 204 Å². The highest BCUT2D eigenvalue weighted by Crippen LogP contribution is 2.35. The van der Waals surface area contributed by atoms with Crippen molar-refractivity contribution < 1.29 is 23.2 Å². The van der Waals surface area contributed by atoms with Crippen LogP contribution in [0, 0.1) is 5.41 Å². The molecule has 0 radical (unpaired) electrons. The van der Waals surface area contributed by atoms with Crippen LogP contribution in [0.2, 0.25) is 5.02 Å². The van der Waals surface area contributed by atoms with Gasteiger partial charge in [-0.3, -0.25) is 10.1 Å². The molecule has 15 heteroatoms. The molecular weight excluding hydrogens is 512 g/mol. The van der Waals surface area contributed by atoms with Crippen LogP contribution in [0.5, 0.6) is 5.75 Å². The predicted molar refractivity (Wildman–Crippen MR) is 124 cm³/mol. The van der Waals surface area contributed by atoms with Gasteiger partial charge in [-0.1, -0.05) is 23.2 Å². The number of hydrogen-bond acceptors (Lipinski definition) is 7. The highest BCUT2D eigenvalue weighted by Gasteiger charge is 2.32. The number of aliphatic imine (C=N–C) groups is 1. The van der Waals surface area contributed by atoms with E-state index in [4.69, 9.17) is 33.3 Å². The molecular formula is C20H16Cl2F3N8O2+. The lowest BCUT2D eigenvalue weighted by atomic mass is 10.2. The van der Waals surface area contributed by atoms with Crippen molar-refractivity contribution in [2.24, 2.45) is 19.1 Å². The molecule has 0 saturated carbocycles. The highest BCUT2D eigenvalue weighted by atomic mass is 35.5. The van der Waals surface area contributed by atoms with Gasteiger partial charge in [0, 0.05) is 20.3 Å². The largest absolute Gasteiger partial charge is 0.446 e. The number of ether oxygens (including phenoxy) is 1. The Bertz CT molecular complexity index is 1500. The zero-order valence-corrected chi connectivity index (χ0v) is 19.5. The molecule has 35 heavy (non-hydrogen) atoms. The lowest BCUT2D eigenvalue weighted by Gasteiger charge is -2.13. The van der Waals surface area contributed by atoms with E-state index in [-0.39, 0.29) is 44.5 Å². The molecule has 4 heterocycles. The standard InChI is InChI=1S/C20H15Cl2F3N8O2/c1-32-8-9(20(23,24)25)5-10(18(32)34)30-19-31-17-15(33(19)2)13(21)12(7-29-17)35-11(6-26)14-16(22)28-4-3-27-14/h3-8,26-27H,1-2H3,(H,29,30,31)/p+1/b14-11+,26-6?. The minimum absolute atomic E-state index is 0.0227. The molecule has 1 aliphatic rings. The van der Waals surface area contributed by atoms with Gasteiger partial charge in [0.1, 0.15) is 22.4 Å². The van der Waals surface area contributed by atoms with E-state index < -0.39 is 17.3 Å². The molecule has 182 valence electrons. The molecule has 0 fully saturated rings. The molecule has 1 aliphatic heterocycles. The van der Waals surface area contributed by atoms with Crippen LogP contribution in [0.1, 0.15) is 5.56 Å². The molecule has 0 bridgehead atoms. The Kier molecular flexibility index (Phi) is 6.40. The van der Waals surface area contributed by atoms with E-state index >= 15 is 0 Å². The molecule has 0 aromatic carbocycles. The molecule has 0 amide bonds. The summed E-state index contributed by atoms with van der Waals surface area (Å²) in [7, 11) is 2.75. The van der Waals surface area contributed by atoms with Gasteiger partial charge >= 0.3 is 6.18 Å². The number of anilines is 2. The summed E-state index contributed by atoms with van der Waals surface area (Å²) in [4.78, 5) is 24.8. The molecule has 10 nitrogen and oxygen atoms in total. The number of nitrogens with zero attached hydrogens (tertiary/aromatic N) is 5. The maximum absolute atomic E-state index is 13.2. The smallest absolute Gasteiger partial charge is 0.417 e. The Balaban J connectivity index is 1.74. The number of alkyl halides is 3. The summed E-state index contributed by atoms with van der Waals surface area (Å²) in [6, 6.07) is 0.703. The van der Waals surface area contributed by atoms with E-state index in [1.54, 1.807) is 11.5 Å². The number of hydrogen-bond donors (Lipinski definition) is 3. The summed E-state index contributed by atoms with van der Waals surface area (Å²) >= 11 is 12.6. The van der Waals surface area contributed by atoms with Crippen LogP contribution in [0.15, 0.2) is 52.1 Å². The van der Waals surface area contributed by atoms with E-state index in [1.807, 2.05) is 0 Å². The van der Waals surface area contributed by atoms with Crippen LogP contribution in [-0.2, 0) is 20.3 Å². The van der Waals surface area contributed by atoms with Crippen LogP contribution in [-0.4, -0.2) is 30.5 Å². The number of aromatic nitrogens is 4. The predicted octanol–water partition coefficient (Wildman–Crippen LogP) is 3.01. The van der Waals surface area contributed by atoms with Gasteiger partial charge < -0.3 is 24.6 Å². The van der Waals surface area contributed by atoms with Crippen molar-refractivity contribution in [2.45, 2.75) is 6.18 Å². The molecule has 0 aliphatic carbocycles. The first-order chi connectivity index (χ1) is 16.5. The first-order valence-electron chi connectivity index (χ1n) is 9.73. The first kappa shape index (κ1) is 24.4. The van der Waals surface area contributed by atoms with Gasteiger partial charge in [-0.05, 0) is 6.07 Å². The minimum Gasteiger partial charge on any atom is -0.446 e. The second-order valence-electron chi connectivity index (χ2n) is 7.24. The van der Waals surface area contributed by atoms with E-state index in [0.717, 1.165) is 10.8 Å². The second kappa shape index (κ2) is 9.17. The lowest BCUT2D eigenvalue weighted by molar-refractivity contribution is -0.528. The van der Waals surface area contributed by atoms with Crippen molar-refractivity contribution in [1.82, 2.24) is 19.1 Å². The number of aryl methyl sites for hydroxylation is 2. The van der Waals surface area contributed by atoms with Gasteiger partial charge in [0.2, 0.25) is 17.4 Å². The van der Waals surface area contributed by atoms with Crippen LogP contribution in [0.25, 0.3) is 11.2 Å². The minimum atomic E-state index is -4.65. The average Bonchev–Trinajstić information content (AvgIpc) is 3.12. The quantitative estimate of drug-likeness (QED) is 0.347. The van der Waals surface area contributed by atoms with Crippen molar-refractivity contribution >= 4 is 57.4 Å². The third-order valence-electron chi connectivity index (χ3n) is 4.94. The molecule has 4 N–H and O–H groups in total. The van der Waals surface area contributed by atoms with Crippen LogP contribution < -0.4 is 20.9 Å². The fourth-order valence-electron chi connectivity index (χ4n) is 3.22. The number of pyridine rings is 2. The van der Waals surface area contributed by atoms with Crippen LogP contribution in [0.3, 0.4) is 0 Å². The molecule has 0 atom stereocenters. The van der Waals surface area contributed by atoms with Gasteiger partial charge in [-0.15, -0.1) is 0 Å². The van der Waals surface area contributed by atoms with Gasteiger partial charge in [0.05, 0.1) is 24.2 Å². The van der Waals surface area contributed by atoms with Crippen molar-refractivity contribution in [1.29, 1.82) is 5.41 Å². The van der Waals surface area contributed by atoms with Gasteiger partial charge in [0.15, 0.2) is 16.6 Å². The van der Waals surface area contributed by atoms with Gasteiger partial charge in [0.25, 0.3) is 5.56 Å². The normalized spacial score (nSPS) is 15.2. The number of nitrogens with one attached hydrogen (secondary N) is 2. The first-order valence-corrected chi connectivity index (χ1v) is 10.5. The van der Waals surface area contributed by atoms with E-state index in [9.17, 15) is 18.0 Å². The fourth-order valence-corrected chi connectivity index (χ4v) is 3.73. The van der Waals surface area contributed by atoms with Crippen LogP contribution >= 0.6 is 23.2 Å². The highest BCUT2D eigenvalue weighted by molar-refractivity contribution is 6.69. The van der Waals surface area contributed by atoms with Crippen molar-refractivity contribution in [3.8, 4) is 5.75 Å². The molecule has 3 aromatic rings. The number of allylic oxidation sites excluding steroid dienone is 2. The molecule has 3 aromatic heterocycles. The number of rotatable bonds is 5. The van der Waals surface area contributed by atoms with E-state index in [1.165, 1.54) is 31.1 Å². The number of nitrogens with two attached hydrogens (primary N) is 1. The number of halogens is 5. The SMILES string of the molecule is Cn1cc(C(F)(F)F)cc(Nc2nc3ncc(O/C(C=N)=C4/[NH2+]C=CN=C4Cl)c(Cl)c3n2C)c1=O. The second-order valence-corrected chi connectivity index (χ2v) is 7.97. The maximum atomic E-state index is 13.2. The van der Waals surface area contributed by atoms with E-state index in [0.29, 0.717) is 18.0 Å². The summed E-state index contributed by atoms with van der Waals surface area (Å²) in [5.41, 5.74) is -1.25. The monoisotopic (exact) mass is 527 g/mol. The molecule has 0 saturated heterocycles. The third kappa shape index (κ3) is 4.65. The Hall–Kier alpha value is -3.68. The third-order valence-corrected chi connectivity index (χ3v) is 5.60. The number of imidazole rings is 1. The molecule has 0 spiro atoms. The molecule has 4 rings (SSSR count). The Morgan fingerprint density at radius 3 is 2.71 bits per heavy atom. The summed E-state index contributed by atoms with van der Waals surface area (Å²) in [6.07, 6.45) is 1.37. The average molecular weight is 528 g/mol. The zero-order valence-electron chi connectivity index (χ0n) is 18.0. The Morgan fingerprint density at radius 2 is 2.06 bits per heavy atom. The zero-order chi connectivity index (χ0) is 25.5. The molecule has 0 unspecified atom stereocenters. The summed E-state index contributed by atoms with van der Waals surface area (Å²) in [5.74, 6) is 0.149. The summed E-state index contributed by atoms with van der Waals surface area (Å²) < 4.78 is 47.6. The van der Waals surface area contributed by atoms with Gasteiger partial charge in [-0.25, -0.2) is 9.98 Å². The maximum Gasteiger partial charge on any atom is 0.417 e.